The maximum absolute atomic E-state index is 11.8. The number of anilines is 2. The summed E-state index contributed by atoms with van der Waals surface area (Å²) in [5.74, 6) is 3.75. The van der Waals surface area contributed by atoms with Crippen molar-refractivity contribution in [3.8, 4) is 0 Å². The Bertz CT molecular complexity index is 795. The highest BCUT2D eigenvalue weighted by atomic mass is 16.5. The summed E-state index contributed by atoms with van der Waals surface area (Å²) in [6, 6.07) is 2.22. The van der Waals surface area contributed by atoms with Crippen LogP contribution in [0.4, 0.5) is 11.8 Å². The highest BCUT2D eigenvalue weighted by Gasteiger charge is 2.44. The minimum atomic E-state index is 0.0416. The zero-order valence-corrected chi connectivity index (χ0v) is 18.8. The average Bonchev–Trinajstić information content (AvgIpc) is 3.49. The Morgan fingerprint density at radius 1 is 1.16 bits per heavy atom. The molecule has 3 heterocycles. The Labute approximate surface area is 184 Å². The Morgan fingerprint density at radius 2 is 1.90 bits per heavy atom. The van der Waals surface area contributed by atoms with Crippen LogP contribution in [0.2, 0.25) is 0 Å². The molecule has 2 aliphatic heterocycles. The van der Waals surface area contributed by atoms with E-state index in [1.807, 2.05) is 6.92 Å². The van der Waals surface area contributed by atoms with E-state index >= 15 is 0 Å². The third kappa shape index (κ3) is 4.95. The first kappa shape index (κ1) is 20.9. The first-order valence-electron chi connectivity index (χ1n) is 11.9. The summed E-state index contributed by atoms with van der Waals surface area (Å²) >= 11 is 0. The fraction of sp³-hybridized carbons (Fsp3) is 0.783. The van der Waals surface area contributed by atoms with Crippen molar-refractivity contribution >= 4 is 17.7 Å². The molecule has 1 aromatic heterocycles. The zero-order valence-electron chi connectivity index (χ0n) is 18.8. The van der Waals surface area contributed by atoms with E-state index in [0.29, 0.717) is 11.8 Å². The number of fused-ring (bicyclic) bond motifs is 1. The van der Waals surface area contributed by atoms with Gasteiger partial charge in [0.15, 0.2) is 0 Å². The summed E-state index contributed by atoms with van der Waals surface area (Å²) in [5, 5.41) is 3.18. The number of morpholine rings is 1. The van der Waals surface area contributed by atoms with E-state index in [4.69, 9.17) is 14.5 Å². The number of nitrogens with zero attached hydrogens (tertiary/aromatic N) is 4. The second kappa shape index (κ2) is 8.90. The van der Waals surface area contributed by atoms with Gasteiger partial charge in [-0.1, -0.05) is 0 Å². The fourth-order valence-electron chi connectivity index (χ4n) is 5.35. The number of amides is 1. The number of ether oxygens (including phenoxy) is 2. The molecule has 0 radical (unpaired) electrons. The van der Waals surface area contributed by atoms with Gasteiger partial charge in [-0.15, -0.1) is 0 Å². The van der Waals surface area contributed by atoms with Crippen molar-refractivity contribution in [3.63, 3.8) is 0 Å². The standard InChI is InChI=1S/C23H35N5O3/c1-15-9-22(26-23(24-15)27-5-7-30-8-6-27)28-12-18-10-20(25-16(2)29)21(11-19(18)13-28)31-14-17-3-4-17/h9,17-21H,3-8,10-14H2,1-2H3,(H,25,29)/t18-,19+,20-,21-/m1/s1. The van der Waals surface area contributed by atoms with Crippen LogP contribution in [0.1, 0.15) is 38.3 Å². The van der Waals surface area contributed by atoms with Crippen LogP contribution in [0.5, 0.6) is 0 Å². The van der Waals surface area contributed by atoms with Gasteiger partial charge in [0.2, 0.25) is 11.9 Å². The number of carbonyl (C=O) groups is 1. The topological polar surface area (TPSA) is 79.8 Å². The first-order valence-corrected chi connectivity index (χ1v) is 11.9. The molecule has 1 amide bonds. The third-order valence-electron chi connectivity index (χ3n) is 7.20. The molecule has 0 spiro atoms. The minimum absolute atomic E-state index is 0.0416. The van der Waals surface area contributed by atoms with Gasteiger partial charge in [0.1, 0.15) is 5.82 Å². The molecule has 0 unspecified atom stereocenters. The summed E-state index contributed by atoms with van der Waals surface area (Å²) in [5.41, 5.74) is 1.00. The van der Waals surface area contributed by atoms with Crippen LogP contribution in [0.25, 0.3) is 0 Å². The van der Waals surface area contributed by atoms with Crippen molar-refractivity contribution in [1.82, 2.24) is 15.3 Å². The largest absolute Gasteiger partial charge is 0.378 e. The number of carbonyl (C=O) groups excluding carboxylic acids is 1. The van der Waals surface area contributed by atoms with E-state index in [1.54, 1.807) is 6.92 Å². The Morgan fingerprint density at radius 3 is 2.61 bits per heavy atom. The molecule has 1 N–H and O–H groups in total. The predicted octanol–water partition coefficient (Wildman–Crippen LogP) is 1.77. The molecule has 0 aromatic carbocycles. The molecule has 8 nitrogen and oxygen atoms in total. The summed E-state index contributed by atoms with van der Waals surface area (Å²) in [7, 11) is 0. The van der Waals surface area contributed by atoms with E-state index in [1.165, 1.54) is 12.8 Å². The molecule has 2 aliphatic carbocycles. The highest BCUT2D eigenvalue weighted by molar-refractivity contribution is 5.73. The van der Waals surface area contributed by atoms with Gasteiger partial charge in [0.05, 0.1) is 25.4 Å². The van der Waals surface area contributed by atoms with E-state index in [-0.39, 0.29) is 18.1 Å². The van der Waals surface area contributed by atoms with Gasteiger partial charge in [-0.3, -0.25) is 4.79 Å². The van der Waals surface area contributed by atoms with Crippen LogP contribution >= 0.6 is 0 Å². The second-order valence-electron chi connectivity index (χ2n) is 9.79. The lowest BCUT2D eigenvalue weighted by atomic mass is 9.77. The smallest absolute Gasteiger partial charge is 0.227 e. The first-order chi connectivity index (χ1) is 15.0. The SMILES string of the molecule is CC(=O)N[C@@H]1C[C@@H]2CN(c3cc(C)nc(N4CCOCC4)n3)C[C@@H]2C[C@H]1OCC1CC1. The molecule has 4 atom stereocenters. The summed E-state index contributed by atoms with van der Waals surface area (Å²) in [6.45, 7) is 9.62. The maximum atomic E-state index is 11.8. The second-order valence-corrected chi connectivity index (χ2v) is 9.79. The monoisotopic (exact) mass is 429 g/mol. The van der Waals surface area contributed by atoms with Crippen LogP contribution in [-0.4, -0.2) is 74.0 Å². The number of rotatable bonds is 6. The number of aryl methyl sites for hydroxylation is 1. The Hall–Kier alpha value is -1.93. The molecule has 4 fully saturated rings. The molecule has 0 bridgehead atoms. The van der Waals surface area contributed by atoms with Gasteiger partial charge in [-0.2, -0.15) is 4.98 Å². The van der Waals surface area contributed by atoms with Crippen LogP contribution in [0.3, 0.4) is 0 Å². The van der Waals surface area contributed by atoms with Crippen molar-refractivity contribution in [1.29, 1.82) is 0 Å². The van der Waals surface area contributed by atoms with Crippen LogP contribution in [0.15, 0.2) is 6.07 Å². The Kier molecular flexibility index (Phi) is 6.01. The van der Waals surface area contributed by atoms with Crippen molar-refractivity contribution < 1.29 is 14.3 Å². The highest BCUT2D eigenvalue weighted by Crippen LogP contribution is 2.40. The predicted molar refractivity (Wildman–Crippen MR) is 118 cm³/mol. The summed E-state index contributed by atoms with van der Waals surface area (Å²) in [6.07, 6.45) is 4.70. The van der Waals surface area contributed by atoms with Crippen molar-refractivity contribution in [2.75, 3.05) is 55.8 Å². The summed E-state index contributed by atoms with van der Waals surface area (Å²) < 4.78 is 11.8. The molecule has 5 rings (SSSR count). The molecule has 2 saturated carbocycles. The van der Waals surface area contributed by atoms with Gasteiger partial charge in [-0.05, 0) is 50.4 Å². The molecule has 31 heavy (non-hydrogen) atoms. The lowest BCUT2D eigenvalue weighted by Crippen LogP contribution is -2.50. The minimum Gasteiger partial charge on any atom is -0.378 e. The van der Waals surface area contributed by atoms with Crippen LogP contribution in [-0.2, 0) is 14.3 Å². The molecular formula is C23H35N5O3. The number of nitrogens with one attached hydrogen (secondary N) is 1. The normalized spacial score (nSPS) is 30.9. The molecule has 2 saturated heterocycles. The third-order valence-corrected chi connectivity index (χ3v) is 7.20. The Balaban J connectivity index is 1.29. The number of hydrogen-bond donors (Lipinski definition) is 1. The van der Waals surface area contributed by atoms with E-state index in [9.17, 15) is 4.79 Å². The van der Waals surface area contributed by atoms with Gasteiger partial charge < -0.3 is 24.6 Å². The zero-order chi connectivity index (χ0) is 21.4. The fourth-order valence-corrected chi connectivity index (χ4v) is 5.35. The van der Waals surface area contributed by atoms with E-state index in [0.717, 1.165) is 82.2 Å². The van der Waals surface area contributed by atoms with Gasteiger partial charge in [-0.25, -0.2) is 4.98 Å². The maximum Gasteiger partial charge on any atom is 0.227 e. The molecule has 8 heteroatoms. The summed E-state index contributed by atoms with van der Waals surface area (Å²) in [4.78, 5) is 26.1. The van der Waals surface area contributed by atoms with E-state index < -0.39 is 0 Å². The number of aromatic nitrogens is 2. The van der Waals surface area contributed by atoms with Crippen LogP contribution in [0, 0.1) is 24.7 Å². The van der Waals surface area contributed by atoms with Crippen molar-refractivity contribution in [2.45, 2.75) is 51.7 Å². The number of hydrogen-bond acceptors (Lipinski definition) is 7. The molecular weight excluding hydrogens is 394 g/mol. The lowest BCUT2D eigenvalue weighted by molar-refractivity contribution is -0.122. The van der Waals surface area contributed by atoms with Crippen molar-refractivity contribution in [2.24, 2.45) is 17.8 Å². The average molecular weight is 430 g/mol. The van der Waals surface area contributed by atoms with Gasteiger partial charge in [0.25, 0.3) is 0 Å². The molecule has 1 aromatic rings. The quantitative estimate of drug-likeness (QED) is 0.738. The molecule has 170 valence electrons. The van der Waals surface area contributed by atoms with Crippen molar-refractivity contribution in [3.05, 3.63) is 11.8 Å². The van der Waals surface area contributed by atoms with E-state index in [2.05, 4.69) is 26.2 Å². The lowest BCUT2D eigenvalue weighted by Gasteiger charge is -2.38. The van der Waals surface area contributed by atoms with Crippen LogP contribution < -0.4 is 15.1 Å². The molecule has 4 aliphatic rings. The van der Waals surface area contributed by atoms with Gasteiger partial charge >= 0.3 is 0 Å². The van der Waals surface area contributed by atoms with Gasteiger partial charge in [0, 0.05) is 51.5 Å².